The van der Waals surface area contributed by atoms with E-state index >= 15 is 0 Å². The van der Waals surface area contributed by atoms with Crippen molar-refractivity contribution in [2.24, 2.45) is 5.92 Å². The van der Waals surface area contributed by atoms with E-state index < -0.39 is 0 Å². The van der Waals surface area contributed by atoms with Crippen LogP contribution in [0, 0.1) is 5.92 Å². The third kappa shape index (κ3) is 2.91. The van der Waals surface area contributed by atoms with Crippen molar-refractivity contribution in [1.82, 2.24) is 5.32 Å². The molecule has 0 aromatic rings. The number of rotatable bonds is 5. The number of hydrogen-bond donors (Lipinski definition) is 1. The summed E-state index contributed by atoms with van der Waals surface area (Å²) in [6, 6.07) is 0.761. The Morgan fingerprint density at radius 1 is 1.11 bits per heavy atom. The molecule has 0 aromatic heterocycles. The highest BCUT2D eigenvalue weighted by molar-refractivity contribution is 4.92. The third-order valence-corrected chi connectivity index (χ3v) is 5.46. The Morgan fingerprint density at radius 3 is 2.56 bits per heavy atom. The van der Waals surface area contributed by atoms with Crippen LogP contribution in [0.2, 0.25) is 0 Å². The molecule has 104 valence electrons. The summed E-state index contributed by atoms with van der Waals surface area (Å²) in [5, 5.41) is 3.50. The lowest BCUT2D eigenvalue weighted by atomic mass is 9.83. The minimum absolute atomic E-state index is 0.317. The van der Waals surface area contributed by atoms with Gasteiger partial charge in [0.05, 0.1) is 11.7 Å². The lowest BCUT2D eigenvalue weighted by Gasteiger charge is -2.33. The molecule has 0 amide bonds. The maximum atomic E-state index is 6.46. The van der Waals surface area contributed by atoms with Crippen molar-refractivity contribution < 1.29 is 4.74 Å². The molecule has 3 aliphatic rings. The minimum Gasteiger partial charge on any atom is -0.372 e. The second-order valence-electron chi connectivity index (χ2n) is 6.83. The minimum atomic E-state index is 0.317. The molecule has 1 aliphatic heterocycles. The van der Waals surface area contributed by atoms with Crippen LogP contribution in [0.25, 0.3) is 0 Å². The summed E-state index contributed by atoms with van der Waals surface area (Å²) in [7, 11) is 2.13. The Hall–Kier alpha value is -0.0800. The number of nitrogens with one attached hydrogen (secondary N) is 1. The lowest BCUT2D eigenvalue weighted by Crippen LogP contribution is -2.32. The monoisotopic (exact) mass is 251 g/mol. The van der Waals surface area contributed by atoms with Crippen molar-refractivity contribution >= 4 is 0 Å². The van der Waals surface area contributed by atoms with Crippen LogP contribution in [0.3, 0.4) is 0 Å². The van der Waals surface area contributed by atoms with Gasteiger partial charge in [-0.15, -0.1) is 0 Å². The number of hydrogen-bond acceptors (Lipinski definition) is 2. The zero-order chi connectivity index (χ0) is 12.4. The maximum absolute atomic E-state index is 6.46. The van der Waals surface area contributed by atoms with E-state index in [1.807, 2.05) is 0 Å². The molecule has 2 saturated carbocycles. The topological polar surface area (TPSA) is 21.3 Å². The summed E-state index contributed by atoms with van der Waals surface area (Å²) >= 11 is 0. The summed E-state index contributed by atoms with van der Waals surface area (Å²) in [4.78, 5) is 0. The molecule has 0 radical (unpaired) electrons. The van der Waals surface area contributed by atoms with Gasteiger partial charge < -0.3 is 10.1 Å². The second-order valence-corrected chi connectivity index (χ2v) is 6.83. The molecule has 2 aliphatic carbocycles. The van der Waals surface area contributed by atoms with Crippen molar-refractivity contribution in [3.05, 3.63) is 0 Å². The summed E-state index contributed by atoms with van der Waals surface area (Å²) < 4.78 is 6.46. The maximum Gasteiger partial charge on any atom is 0.0687 e. The summed E-state index contributed by atoms with van der Waals surface area (Å²) in [6.07, 6.45) is 15.6. The highest BCUT2D eigenvalue weighted by Crippen LogP contribution is 2.43. The molecule has 2 heteroatoms. The van der Waals surface area contributed by atoms with E-state index in [1.165, 1.54) is 70.6 Å². The van der Waals surface area contributed by atoms with E-state index in [0.29, 0.717) is 11.7 Å². The average molecular weight is 251 g/mol. The van der Waals surface area contributed by atoms with Crippen molar-refractivity contribution in [2.45, 2.75) is 88.4 Å². The van der Waals surface area contributed by atoms with Gasteiger partial charge in [0.2, 0.25) is 0 Å². The summed E-state index contributed by atoms with van der Waals surface area (Å²) in [5.41, 5.74) is 0.317. The molecule has 0 bridgehead atoms. The van der Waals surface area contributed by atoms with Crippen LogP contribution in [-0.2, 0) is 4.74 Å². The predicted molar refractivity (Wildman–Crippen MR) is 74.7 cm³/mol. The first-order chi connectivity index (χ1) is 8.81. The van der Waals surface area contributed by atoms with Gasteiger partial charge in [-0.2, -0.15) is 0 Å². The molecule has 0 aromatic carbocycles. The van der Waals surface area contributed by atoms with E-state index in [0.717, 1.165) is 12.0 Å². The molecule has 1 N–H and O–H groups in total. The lowest BCUT2D eigenvalue weighted by molar-refractivity contribution is -0.0666. The van der Waals surface area contributed by atoms with Gasteiger partial charge in [0.25, 0.3) is 0 Å². The van der Waals surface area contributed by atoms with Gasteiger partial charge in [-0.25, -0.2) is 0 Å². The SMILES string of the molecule is CNC(CCC1CCC2(CCCCC2)O1)C1CC1. The highest BCUT2D eigenvalue weighted by atomic mass is 16.5. The highest BCUT2D eigenvalue weighted by Gasteiger charge is 2.41. The van der Waals surface area contributed by atoms with Crippen molar-refractivity contribution in [3.8, 4) is 0 Å². The quantitative estimate of drug-likeness (QED) is 0.805. The molecule has 1 saturated heterocycles. The first kappa shape index (κ1) is 12.9. The third-order valence-electron chi connectivity index (χ3n) is 5.46. The van der Waals surface area contributed by atoms with Gasteiger partial charge in [0.15, 0.2) is 0 Å². The fraction of sp³-hybridized carbons (Fsp3) is 1.00. The van der Waals surface area contributed by atoms with Crippen LogP contribution in [0.1, 0.15) is 70.6 Å². The van der Waals surface area contributed by atoms with Crippen LogP contribution in [0.5, 0.6) is 0 Å². The Balaban J connectivity index is 1.44. The first-order valence-corrected chi connectivity index (χ1v) is 8.16. The van der Waals surface area contributed by atoms with Crippen molar-refractivity contribution in [2.75, 3.05) is 7.05 Å². The largest absolute Gasteiger partial charge is 0.372 e. The molecule has 18 heavy (non-hydrogen) atoms. The average Bonchev–Trinajstić information content (AvgIpc) is 3.16. The Kier molecular flexibility index (Phi) is 3.95. The van der Waals surface area contributed by atoms with Gasteiger partial charge >= 0.3 is 0 Å². The van der Waals surface area contributed by atoms with Crippen LogP contribution in [0.15, 0.2) is 0 Å². The van der Waals surface area contributed by atoms with E-state index in [2.05, 4.69) is 12.4 Å². The summed E-state index contributed by atoms with van der Waals surface area (Å²) in [6.45, 7) is 0. The van der Waals surface area contributed by atoms with Gasteiger partial charge in [-0.05, 0) is 64.3 Å². The number of ether oxygens (including phenoxy) is 1. The standard InChI is InChI=1S/C16H29NO/c1-17-15(13-5-6-13)8-7-14-9-12-16(18-14)10-3-2-4-11-16/h13-15,17H,2-12H2,1H3. The Bertz CT molecular complexity index is 268. The molecule has 1 spiro atoms. The fourth-order valence-corrected chi connectivity index (χ4v) is 4.14. The Labute approximate surface area is 112 Å². The van der Waals surface area contributed by atoms with Gasteiger partial charge in [0.1, 0.15) is 0 Å². The van der Waals surface area contributed by atoms with Gasteiger partial charge in [-0.1, -0.05) is 19.3 Å². The molecule has 3 fully saturated rings. The predicted octanol–water partition coefficient (Wildman–Crippen LogP) is 3.65. The smallest absolute Gasteiger partial charge is 0.0687 e. The molecule has 2 unspecified atom stereocenters. The van der Waals surface area contributed by atoms with Gasteiger partial charge in [-0.3, -0.25) is 0 Å². The normalized spacial score (nSPS) is 32.8. The molecular weight excluding hydrogens is 222 g/mol. The van der Waals surface area contributed by atoms with Crippen molar-refractivity contribution in [1.29, 1.82) is 0 Å². The van der Waals surface area contributed by atoms with E-state index in [4.69, 9.17) is 4.74 Å². The van der Waals surface area contributed by atoms with Crippen LogP contribution in [0.4, 0.5) is 0 Å². The van der Waals surface area contributed by atoms with Crippen LogP contribution < -0.4 is 5.32 Å². The first-order valence-electron chi connectivity index (χ1n) is 8.16. The molecule has 2 nitrogen and oxygen atoms in total. The second kappa shape index (κ2) is 5.50. The molecule has 2 atom stereocenters. The summed E-state index contributed by atoms with van der Waals surface area (Å²) in [5.74, 6) is 0.972. The molecule has 1 heterocycles. The van der Waals surface area contributed by atoms with E-state index in [1.54, 1.807) is 0 Å². The molecule has 3 rings (SSSR count). The van der Waals surface area contributed by atoms with E-state index in [9.17, 15) is 0 Å². The molecular formula is C16H29NO. The van der Waals surface area contributed by atoms with Crippen molar-refractivity contribution in [3.63, 3.8) is 0 Å². The van der Waals surface area contributed by atoms with Crippen LogP contribution in [-0.4, -0.2) is 24.8 Å². The Morgan fingerprint density at radius 2 is 1.89 bits per heavy atom. The van der Waals surface area contributed by atoms with Crippen LogP contribution >= 0.6 is 0 Å². The van der Waals surface area contributed by atoms with Gasteiger partial charge in [0, 0.05) is 6.04 Å². The zero-order valence-corrected chi connectivity index (χ0v) is 11.9. The fourth-order valence-electron chi connectivity index (χ4n) is 4.14. The van der Waals surface area contributed by atoms with E-state index in [-0.39, 0.29) is 0 Å². The zero-order valence-electron chi connectivity index (χ0n) is 11.9.